The fraction of sp³-hybridized carbons (Fsp3) is 0.548. The Kier molecular flexibility index (Phi) is 11.4. The summed E-state index contributed by atoms with van der Waals surface area (Å²) >= 11 is 1.63. The van der Waals surface area contributed by atoms with Gasteiger partial charge in [-0.05, 0) is 43.3 Å². The van der Waals surface area contributed by atoms with Crippen molar-refractivity contribution in [3.8, 4) is 11.4 Å². The minimum Gasteiger partial charge on any atom is -0.344 e. The number of fused-ring (bicyclic) bond motifs is 1. The Balaban J connectivity index is 1.73. The van der Waals surface area contributed by atoms with Gasteiger partial charge in [-0.3, -0.25) is 19.1 Å². The fourth-order valence-corrected chi connectivity index (χ4v) is 5.71. The number of hydrogen-bond donors (Lipinski definition) is 2. The second kappa shape index (κ2) is 15.2. The predicted octanol–water partition coefficient (Wildman–Crippen LogP) is 3.62. The fourth-order valence-electron chi connectivity index (χ4n) is 5.24. The molecule has 3 aromatic rings. The molecule has 0 saturated heterocycles. The Hall–Kier alpha value is -3.67. The summed E-state index contributed by atoms with van der Waals surface area (Å²) in [4.78, 5) is 47.1. The van der Waals surface area contributed by atoms with Crippen LogP contribution in [-0.4, -0.2) is 78.3 Å². The lowest BCUT2D eigenvalue weighted by Gasteiger charge is -2.28. The van der Waals surface area contributed by atoms with E-state index in [1.807, 2.05) is 61.2 Å². The molecule has 0 unspecified atom stereocenters. The molecule has 1 aliphatic heterocycles. The monoisotopic (exact) mass is 608 g/mol. The molecule has 43 heavy (non-hydrogen) atoms. The summed E-state index contributed by atoms with van der Waals surface area (Å²) in [5.41, 5.74) is 2.26. The average molecular weight is 609 g/mol. The van der Waals surface area contributed by atoms with Crippen LogP contribution in [-0.2, 0) is 29.6 Å². The molecular formula is C31H44N8O3S. The van der Waals surface area contributed by atoms with Gasteiger partial charge in [0.05, 0.1) is 18.3 Å². The Bertz CT molecular complexity index is 1390. The number of aryl methyl sites for hydroxylation is 2. The van der Waals surface area contributed by atoms with E-state index >= 15 is 0 Å². The van der Waals surface area contributed by atoms with Crippen molar-refractivity contribution >= 4 is 29.5 Å². The van der Waals surface area contributed by atoms with Crippen molar-refractivity contribution in [2.24, 2.45) is 13.0 Å². The maximum Gasteiger partial charge on any atom is 0.272 e. The minimum atomic E-state index is -0.668. The molecule has 12 heteroatoms. The highest BCUT2D eigenvalue weighted by Crippen LogP contribution is 2.25. The number of thioether (sulfide) groups is 1. The molecule has 0 aliphatic carbocycles. The van der Waals surface area contributed by atoms with Crippen LogP contribution in [0, 0.1) is 5.92 Å². The van der Waals surface area contributed by atoms with Gasteiger partial charge < -0.3 is 15.5 Å². The third kappa shape index (κ3) is 8.25. The van der Waals surface area contributed by atoms with Crippen LogP contribution in [0.25, 0.3) is 11.4 Å². The molecule has 0 fully saturated rings. The number of hydrogen-bond acceptors (Lipinski definition) is 7. The number of rotatable bonds is 8. The summed E-state index contributed by atoms with van der Waals surface area (Å²) in [6, 6.07) is 10.5. The summed E-state index contributed by atoms with van der Waals surface area (Å²) in [6.45, 7) is 7.25. The lowest BCUT2D eigenvalue weighted by Crippen LogP contribution is -2.49. The predicted molar refractivity (Wildman–Crippen MR) is 168 cm³/mol. The first-order valence-electron chi connectivity index (χ1n) is 15.1. The number of amides is 3. The third-order valence-corrected chi connectivity index (χ3v) is 8.24. The number of nitrogens with one attached hydrogen (secondary N) is 2. The zero-order valence-corrected chi connectivity index (χ0v) is 26.7. The van der Waals surface area contributed by atoms with E-state index in [0.29, 0.717) is 49.8 Å². The lowest BCUT2D eigenvalue weighted by molar-refractivity contribution is -0.129. The first kappa shape index (κ1) is 32.2. The molecule has 3 heterocycles. The van der Waals surface area contributed by atoms with Crippen molar-refractivity contribution in [3.63, 3.8) is 0 Å². The maximum atomic E-state index is 13.8. The molecule has 0 spiro atoms. The van der Waals surface area contributed by atoms with Gasteiger partial charge in [0.25, 0.3) is 5.91 Å². The number of carbonyl (C=O) groups excluding carboxylic acids is 3. The highest BCUT2D eigenvalue weighted by molar-refractivity contribution is 7.98. The average Bonchev–Trinajstić information content (AvgIpc) is 3.58. The molecule has 3 amide bonds. The van der Waals surface area contributed by atoms with Crippen LogP contribution in [0.4, 0.5) is 0 Å². The van der Waals surface area contributed by atoms with Crippen LogP contribution in [0.15, 0.2) is 36.4 Å². The van der Waals surface area contributed by atoms with E-state index in [2.05, 4.69) is 22.7 Å². The Morgan fingerprint density at radius 1 is 1.09 bits per heavy atom. The highest BCUT2D eigenvalue weighted by atomic mass is 32.2. The quantitative estimate of drug-likeness (QED) is 0.400. The molecule has 2 N–H and O–H groups in total. The van der Waals surface area contributed by atoms with Crippen LogP contribution >= 0.6 is 11.8 Å². The third-order valence-electron chi connectivity index (χ3n) is 7.59. The van der Waals surface area contributed by atoms with Crippen molar-refractivity contribution in [1.29, 1.82) is 0 Å². The molecule has 1 aliphatic rings. The second-order valence-corrected chi connectivity index (χ2v) is 12.3. The van der Waals surface area contributed by atoms with Crippen LogP contribution in [0.5, 0.6) is 0 Å². The van der Waals surface area contributed by atoms with Gasteiger partial charge in [-0.15, -0.1) is 0 Å². The van der Waals surface area contributed by atoms with Crippen LogP contribution in [0.3, 0.4) is 0 Å². The van der Waals surface area contributed by atoms with Gasteiger partial charge in [0.15, 0.2) is 11.6 Å². The number of aromatic nitrogens is 5. The van der Waals surface area contributed by atoms with Gasteiger partial charge in [-0.25, -0.2) is 9.67 Å². The summed E-state index contributed by atoms with van der Waals surface area (Å²) in [5, 5.41) is 15.5. The topological polar surface area (TPSA) is 127 Å². The molecule has 0 saturated carbocycles. The number of benzene rings is 1. The first-order valence-corrected chi connectivity index (χ1v) is 16.5. The van der Waals surface area contributed by atoms with Crippen LogP contribution in [0.1, 0.15) is 74.5 Å². The molecule has 2 atom stereocenters. The lowest BCUT2D eigenvalue weighted by atomic mass is 10.0. The molecule has 2 aromatic heterocycles. The van der Waals surface area contributed by atoms with E-state index in [0.717, 1.165) is 29.9 Å². The van der Waals surface area contributed by atoms with Gasteiger partial charge in [0.1, 0.15) is 11.7 Å². The molecule has 232 valence electrons. The van der Waals surface area contributed by atoms with Crippen molar-refractivity contribution in [1.82, 2.24) is 40.1 Å². The molecular weight excluding hydrogens is 564 g/mol. The summed E-state index contributed by atoms with van der Waals surface area (Å²) in [5.74, 6) is 1.32. The summed E-state index contributed by atoms with van der Waals surface area (Å²) in [7, 11) is 1.79. The van der Waals surface area contributed by atoms with Gasteiger partial charge in [0, 0.05) is 32.1 Å². The Morgan fingerprint density at radius 3 is 2.56 bits per heavy atom. The normalized spacial score (nSPS) is 18.6. The van der Waals surface area contributed by atoms with E-state index in [1.54, 1.807) is 28.4 Å². The Morgan fingerprint density at radius 2 is 1.86 bits per heavy atom. The molecule has 0 bridgehead atoms. The van der Waals surface area contributed by atoms with Gasteiger partial charge in [-0.1, -0.05) is 57.5 Å². The largest absolute Gasteiger partial charge is 0.344 e. The van der Waals surface area contributed by atoms with E-state index in [9.17, 15) is 14.4 Å². The van der Waals surface area contributed by atoms with Gasteiger partial charge in [0.2, 0.25) is 11.8 Å². The Labute approximate surface area is 258 Å². The van der Waals surface area contributed by atoms with E-state index in [1.165, 1.54) is 0 Å². The van der Waals surface area contributed by atoms with E-state index < -0.39 is 12.1 Å². The van der Waals surface area contributed by atoms with Gasteiger partial charge in [-0.2, -0.15) is 22.0 Å². The van der Waals surface area contributed by atoms with Crippen LogP contribution < -0.4 is 10.6 Å². The molecule has 0 radical (unpaired) electrons. The van der Waals surface area contributed by atoms with Gasteiger partial charge >= 0.3 is 0 Å². The number of nitrogens with zero attached hydrogens (tertiary/aromatic N) is 6. The van der Waals surface area contributed by atoms with Crippen molar-refractivity contribution < 1.29 is 14.4 Å². The maximum absolute atomic E-state index is 13.8. The SMILES string of the molecule is CCCc1cc(C(=O)N2CCCC(=O)N[C@@H](CCSC)C(=O)N[C@H](C(C)C)c3nc(-c4ccccc4)nn3CC2)n(C)n1. The summed E-state index contributed by atoms with van der Waals surface area (Å²) in [6.07, 6.45) is 4.89. The van der Waals surface area contributed by atoms with E-state index in [-0.39, 0.29) is 30.1 Å². The molecule has 4 rings (SSSR count). The first-order chi connectivity index (χ1) is 20.7. The highest BCUT2D eigenvalue weighted by Gasteiger charge is 2.30. The zero-order chi connectivity index (χ0) is 30.9. The number of carbonyl (C=O) groups is 3. The molecule has 11 nitrogen and oxygen atoms in total. The van der Waals surface area contributed by atoms with Crippen molar-refractivity contribution in [2.45, 2.75) is 71.5 Å². The zero-order valence-electron chi connectivity index (χ0n) is 25.9. The summed E-state index contributed by atoms with van der Waals surface area (Å²) < 4.78 is 3.46. The van der Waals surface area contributed by atoms with E-state index in [4.69, 9.17) is 10.1 Å². The van der Waals surface area contributed by atoms with Crippen LogP contribution in [0.2, 0.25) is 0 Å². The standard InChI is InChI=1S/C31H44N8O3S/c1-6-11-23-20-25(37(4)35-23)31(42)38-16-10-14-26(40)32-24(15-19-43-5)30(41)33-27(21(2)3)29-34-28(36-39(29)18-17-38)22-12-8-7-9-13-22/h7-9,12-13,20-21,24,27H,6,10-11,14-19H2,1-5H3,(H,32,40)(H,33,41)/t24-,27+/m0/s1. The molecule has 1 aromatic carbocycles. The minimum absolute atomic E-state index is 0.00973. The van der Waals surface area contributed by atoms with Crippen molar-refractivity contribution in [2.75, 3.05) is 25.1 Å². The second-order valence-electron chi connectivity index (χ2n) is 11.3. The smallest absolute Gasteiger partial charge is 0.272 e. The van der Waals surface area contributed by atoms with Crippen molar-refractivity contribution in [3.05, 3.63) is 53.6 Å².